The number of carbonyl (C=O) groups is 1. The van der Waals surface area contributed by atoms with Gasteiger partial charge in [-0.15, -0.1) is 5.10 Å². The van der Waals surface area contributed by atoms with E-state index in [0.29, 0.717) is 25.1 Å². The predicted octanol–water partition coefficient (Wildman–Crippen LogP) is 2.12. The molecule has 118 valence electrons. The van der Waals surface area contributed by atoms with Crippen molar-refractivity contribution in [2.75, 3.05) is 11.9 Å². The van der Waals surface area contributed by atoms with Crippen LogP contribution in [-0.2, 0) is 12.8 Å². The number of hydrogen-bond donors (Lipinski definition) is 3. The first-order valence-corrected chi connectivity index (χ1v) is 7.45. The van der Waals surface area contributed by atoms with E-state index in [9.17, 15) is 9.90 Å². The standard InChI is InChI=1S/C15H25N3O3/c1-5-10-11(6-2)17-18-14(13(10)15(20)21)16-12(7-8-19)9(3)4/h9,12,19H,5-8H2,1-4H3,(H,16,18)(H,20,21). The number of anilines is 1. The van der Waals surface area contributed by atoms with E-state index >= 15 is 0 Å². The Kier molecular flexibility index (Phi) is 6.55. The molecule has 0 aliphatic heterocycles. The Balaban J connectivity index is 3.25. The Morgan fingerprint density at radius 3 is 2.33 bits per heavy atom. The third kappa shape index (κ3) is 4.14. The molecule has 0 fully saturated rings. The average molecular weight is 295 g/mol. The van der Waals surface area contributed by atoms with E-state index in [1.54, 1.807) is 0 Å². The molecule has 0 amide bonds. The molecule has 0 bridgehead atoms. The molecule has 3 N–H and O–H groups in total. The van der Waals surface area contributed by atoms with Gasteiger partial charge in [0.1, 0.15) is 5.56 Å². The number of carboxylic acids is 1. The molecule has 0 aliphatic carbocycles. The number of hydrogen-bond acceptors (Lipinski definition) is 5. The first kappa shape index (κ1) is 17.4. The van der Waals surface area contributed by atoms with Gasteiger partial charge in [0.05, 0.1) is 5.69 Å². The van der Waals surface area contributed by atoms with E-state index in [4.69, 9.17) is 5.11 Å². The smallest absolute Gasteiger partial charge is 0.339 e. The highest BCUT2D eigenvalue weighted by molar-refractivity contribution is 5.95. The van der Waals surface area contributed by atoms with Gasteiger partial charge in [0.2, 0.25) is 0 Å². The molecule has 0 saturated carbocycles. The number of aromatic carboxylic acids is 1. The summed E-state index contributed by atoms with van der Waals surface area (Å²) in [5.74, 6) is -0.453. The summed E-state index contributed by atoms with van der Waals surface area (Å²) in [4.78, 5) is 11.6. The molecular formula is C15H25N3O3. The summed E-state index contributed by atoms with van der Waals surface area (Å²) in [6.07, 6.45) is 1.79. The van der Waals surface area contributed by atoms with Gasteiger partial charge in [-0.3, -0.25) is 0 Å². The highest BCUT2D eigenvalue weighted by Crippen LogP contribution is 2.23. The van der Waals surface area contributed by atoms with Crippen LogP contribution in [0.1, 0.15) is 55.7 Å². The van der Waals surface area contributed by atoms with E-state index in [2.05, 4.69) is 15.5 Å². The number of rotatable bonds is 8. The fraction of sp³-hybridized carbons (Fsp3) is 0.667. The second kappa shape index (κ2) is 7.93. The maximum atomic E-state index is 11.6. The minimum absolute atomic E-state index is 0.0410. The molecule has 0 aromatic carbocycles. The predicted molar refractivity (Wildman–Crippen MR) is 81.7 cm³/mol. The molecule has 1 unspecified atom stereocenters. The van der Waals surface area contributed by atoms with Crippen molar-refractivity contribution in [3.8, 4) is 0 Å². The van der Waals surface area contributed by atoms with E-state index in [1.165, 1.54) is 0 Å². The number of aryl methyl sites for hydroxylation is 1. The lowest BCUT2D eigenvalue weighted by molar-refractivity contribution is 0.0696. The van der Waals surface area contributed by atoms with Gasteiger partial charge < -0.3 is 15.5 Å². The van der Waals surface area contributed by atoms with Crippen molar-refractivity contribution in [2.24, 2.45) is 5.92 Å². The Morgan fingerprint density at radius 1 is 1.24 bits per heavy atom. The van der Waals surface area contributed by atoms with Gasteiger partial charge in [-0.05, 0) is 30.7 Å². The molecule has 6 heteroatoms. The monoisotopic (exact) mass is 295 g/mol. The van der Waals surface area contributed by atoms with E-state index in [0.717, 1.165) is 11.3 Å². The van der Waals surface area contributed by atoms with Crippen LogP contribution in [0.25, 0.3) is 0 Å². The normalized spacial score (nSPS) is 12.5. The summed E-state index contributed by atoms with van der Waals surface area (Å²) in [5.41, 5.74) is 1.66. The second-order valence-corrected chi connectivity index (χ2v) is 5.37. The summed E-state index contributed by atoms with van der Waals surface area (Å²) < 4.78 is 0. The first-order valence-electron chi connectivity index (χ1n) is 7.45. The molecular weight excluding hydrogens is 270 g/mol. The van der Waals surface area contributed by atoms with Crippen molar-refractivity contribution in [1.82, 2.24) is 10.2 Å². The van der Waals surface area contributed by atoms with Gasteiger partial charge in [0.15, 0.2) is 5.82 Å². The number of aliphatic hydroxyl groups is 1. The van der Waals surface area contributed by atoms with Crippen LogP contribution in [0.15, 0.2) is 0 Å². The zero-order valence-electron chi connectivity index (χ0n) is 13.2. The van der Waals surface area contributed by atoms with Crippen molar-refractivity contribution in [3.63, 3.8) is 0 Å². The van der Waals surface area contributed by atoms with Crippen LogP contribution in [0.4, 0.5) is 5.82 Å². The van der Waals surface area contributed by atoms with Gasteiger partial charge in [0, 0.05) is 12.6 Å². The van der Waals surface area contributed by atoms with Crippen LogP contribution in [0.2, 0.25) is 0 Å². The zero-order valence-corrected chi connectivity index (χ0v) is 13.2. The zero-order chi connectivity index (χ0) is 16.0. The van der Waals surface area contributed by atoms with Crippen LogP contribution >= 0.6 is 0 Å². The average Bonchev–Trinajstić information content (AvgIpc) is 2.45. The molecule has 1 aromatic heterocycles. The van der Waals surface area contributed by atoms with Crippen LogP contribution in [0.3, 0.4) is 0 Å². The highest BCUT2D eigenvalue weighted by Gasteiger charge is 2.23. The SMILES string of the molecule is CCc1nnc(NC(CCO)C(C)C)c(C(=O)O)c1CC. The molecule has 21 heavy (non-hydrogen) atoms. The van der Waals surface area contributed by atoms with Gasteiger partial charge in [-0.2, -0.15) is 5.10 Å². The highest BCUT2D eigenvalue weighted by atomic mass is 16.4. The first-order chi connectivity index (χ1) is 9.96. The molecule has 6 nitrogen and oxygen atoms in total. The molecule has 0 radical (unpaired) electrons. The largest absolute Gasteiger partial charge is 0.478 e. The fourth-order valence-corrected chi connectivity index (χ4v) is 2.39. The van der Waals surface area contributed by atoms with E-state index < -0.39 is 5.97 Å². The second-order valence-electron chi connectivity index (χ2n) is 5.37. The minimum atomic E-state index is -0.995. The van der Waals surface area contributed by atoms with Crippen molar-refractivity contribution in [3.05, 3.63) is 16.8 Å². The summed E-state index contributed by atoms with van der Waals surface area (Å²) in [7, 11) is 0. The molecule has 1 aromatic rings. The third-order valence-electron chi connectivity index (χ3n) is 3.63. The van der Waals surface area contributed by atoms with Crippen molar-refractivity contribution in [1.29, 1.82) is 0 Å². The fourth-order valence-electron chi connectivity index (χ4n) is 2.39. The molecule has 0 spiro atoms. The third-order valence-corrected chi connectivity index (χ3v) is 3.63. The van der Waals surface area contributed by atoms with Crippen LogP contribution < -0.4 is 5.32 Å². The van der Waals surface area contributed by atoms with E-state index in [-0.39, 0.29) is 24.1 Å². The van der Waals surface area contributed by atoms with Crippen molar-refractivity contribution in [2.45, 2.75) is 53.0 Å². The Bertz CT molecular complexity index is 489. The van der Waals surface area contributed by atoms with Crippen LogP contribution in [0, 0.1) is 5.92 Å². The lowest BCUT2D eigenvalue weighted by Gasteiger charge is -2.23. The quantitative estimate of drug-likeness (QED) is 0.680. The number of carboxylic acid groups (broad SMARTS) is 1. The van der Waals surface area contributed by atoms with Crippen molar-refractivity contribution < 1.29 is 15.0 Å². The van der Waals surface area contributed by atoms with E-state index in [1.807, 2.05) is 27.7 Å². The van der Waals surface area contributed by atoms with Crippen LogP contribution in [-0.4, -0.2) is 39.0 Å². The minimum Gasteiger partial charge on any atom is -0.478 e. The Morgan fingerprint density at radius 2 is 1.90 bits per heavy atom. The maximum Gasteiger partial charge on any atom is 0.339 e. The number of aliphatic hydroxyl groups excluding tert-OH is 1. The summed E-state index contributed by atoms with van der Waals surface area (Å²) in [5, 5.41) is 30.0. The summed E-state index contributed by atoms with van der Waals surface area (Å²) >= 11 is 0. The molecule has 0 aliphatic rings. The Hall–Kier alpha value is -1.69. The van der Waals surface area contributed by atoms with Gasteiger partial charge in [-0.25, -0.2) is 4.79 Å². The topological polar surface area (TPSA) is 95.3 Å². The molecule has 1 atom stereocenters. The van der Waals surface area contributed by atoms with Gasteiger partial charge in [0.25, 0.3) is 0 Å². The molecule has 1 heterocycles. The van der Waals surface area contributed by atoms with Crippen LogP contribution in [0.5, 0.6) is 0 Å². The number of nitrogens with zero attached hydrogens (tertiary/aromatic N) is 2. The lowest BCUT2D eigenvalue weighted by Crippen LogP contribution is -2.29. The van der Waals surface area contributed by atoms with Crippen molar-refractivity contribution >= 4 is 11.8 Å². The van der Waals surface area contributed by atoms with Gasteiger partial charge in [-0.1, -0.05) is 27.7 Å². The number of aromatic nitrogens is 2. The maximum absolute atomic E-state index is 11.6. The Labute approximate surface area is 125 Å². The number of nitrogens with one attached hydrogen (secondary N) is 1. The summed E-state index contributed by atoms with van der Waals surface area (Å²) in [6.45, 7) is 7.93. The molecule has 0 saturated heterocycles. The molecule has 1 rings (SSSR count). The lowest BCUT2D eigenvalue weighted by atomic mass is 9.99. The summed E-state index contributed by atoms with van der Waals surface area (Å²) in [6, 6.07) is -0.0421. The van der Waals surface area contributed by atoms with Gasteiger partial charge >= 0.3 is 5.97 Å².